The van der Waals surface area contributed by atoms with Gasteiger partial charge in [-0.3, -0.25) is 9.78 Å². The summed E-state index contributed by atoms with van der Waals surface area (Å²) in [5, 5.41) is 0. The minimum Gasteiger partial charge on any atom is -0.306 e. The highest BCUT2D eigenvalue weighted by Gasteiger charge is 2.05. The van der Waals surface area contributed by atoms with Crippen LogP contribution in [0, 0.1) is 10.5 Å². The fourth-order valence-electron chi connectivity index (χ4n) is 1.22. The highest BCUT2D eigenvalue weighted by molar-refractivity contribution is 14.1. The summed E-state index contributed by atoms with van der Waals surface area (Å²) in [6, 6.07) is 3.62. The van der Waals surface area contributed by atoms with E-state index in [0.717, 1.165) is 11.3 Å². The molecule has 0 fully saturated rings. The number of pyridine rings is 1. The van der Waals surface area contributed by atoms with Crippen molar-refractivity contribution in [1.29, 1.82) is 0 Å². The molecule has 76 valence electrons. The Bertz CT molecular complexity index is 536. The van der Waals surface area contributed by atoms with Gasteiger partial charge in [0.1, 0.15) is 5.82 Å². The van der Waals surface area contributed by atoms with Crippen LogP contribution in [0.1, 0.15) is 5.69 Å². The summed E-state index contributed by atoms with van der Waals surface area (Å²) in [4.78, 5) is 22.5. The summed E-state index contributed by atoms with van der Waals surface area (Å²) in [6.45, 7) is 1.82. The van der Waals surface area contributed by atoms with Crippen molar-refractivity contribution in [3.8, 4) is 11.4 Å². The van der Waals surface area contributed by atoms with Gasteiger partial charge in [-0.1, -0.05) is 0 Å². The number of nitrogens with one attached hydrogen (secondary N) is 1. The Morgan fingerprint density at radius 1 is 1.33 bits per heavy atom. The summed E-state index contributed by atoms with van der Waals surface area (Å²) in [6.07, 6.45) is 3.34. The van der Waals surface area contributed by atoms with Crippen LogP contribution in [0.5, 0.6) is 0 Å². The first kappa shape index (κ1) is 10.3. The first-order chi connectivity index (χ1) is 7.18. The Labute approximate surface area is 99.9 Å². The van der Waals surface area contributed by atoms with Crippen molar-refractivity contribution in [3.63, 3.8) is 0 Å². The molecule has 0 saturated heterocycles. The molecule has 2 rings (SSSR count). The number of aromatic amines is 1. The molecule has 5 heteroatoms. The number of halogens is 1. The lowest BCUT2D eigenvalue weighted by molar-refractivity contribution is 1.05. The third-order valence-electron chi connectivity index (χ3n) is 1.98. The molecule has 0 bridgehead atoms. The van der Waals surface area contributed by atoms with Crippen molar-refractivity contribution < 1.29 is 0 Å². The van der Waals surface area contributed by atoms with Crippen molar-refractivity contribution in [2.75, 3.05) is 0 Å². The van der Waals surface area contributed by atoms with E-state index < -0.39 is 0 Å². The monoisotopic (exact) mass is 313 g/mol. The predicted molar refractivity (Wildman–Crippen MR) is 65.5 cm³/mol. The van der Waals surface area contributed by atoms with Crippen LogP contribution in [0.15, 0.2) is 29.3 Å². The molecular formula is C10H8IN3O. The zero-order chi connectivity index (χ0) is 10.8. The molecule has 4 nitrogen and oxygen atoms in total. The Kier molecular flexibility index (Phi) is 2.81. The second kappa shape index (κ2) is 4.09. The lowest BCUT2D eigenvalue weighted by atomic mass is 10.2. The molecule has 1 N–H and O–H groups in total. The first-order valence-corrected chi connectivity index (χ1v) is 5.43. The molecule has 0 aromatic carbocycles. The molecule has 0 spiro atoms. The maximum Gasteiger partial charge on any atom is 0.264 e. The smallest absolute Gasteiger partial charge is 0.264 e. The largest absolute Gasteiger partial charge is 0.306 e. The Hall–Kier alpha value is -1.24. The minimum absolute atomic E-state index is 0.102. The van der Waals surface area contributed by atoms with Crippen LogP contribution < -0.4 is 5.56 Å². The third kappa shape index (κ3) is 2.06. The van der Waals surface area contributed by atoms with Gasteiger partial charge >= 0.3 is 0 Å². The molecule has 2 heterocycles. The highest BCUT2D eigenvalue weighted by atomic mass is 127. The van der Waals surface area contributed by atoms with Crippen LogP contribution in [0.2, 0.25) is 0 Å². The van der Waals surface area contributed by atoms with E-state index in [-0.39, 0.29) is 5.56 Å². The lowest BCUT2D eigenvalue weighted by Gasteiger charge is -2.02. The molecule has 0 aliphatic heterocycles. The summed E-state index contributed by atoms with van der Waals surface area (Å²) in [5.74, 6) is 0.584. The molecule has 0 aliphatic rings. The van der Waals surface area contributed by atoms with Gasteiger partial charge in [0.25, 0.3) is 5.56 Å². The molecule has 0 unspecified atom stereocenters. The van der Waals surface area contributed by atoms with Gasteiger partial charge in [-0.05, 0) is 41.6 Å². The molecule has 15 heavy (non-hydrogen) atoms. The average Bonchev–Trinajstić information content (AvgIpc) is 2.26. The zero-order valence-electron chi connectivity index (χ0n) is 7.99. The van der Waals surface area contributed by atoms with Gasteiger partial charge in [0.05, 0.1) is 9.26 Å². The topological polar surface area (TPSA) is 58.6 Å². The van der Waals surface area contributed by atoms with E-state index in [1.165, 1.54) is 0 Å². The third-order valence-corrected chi connectivity index (χ3v) is 3.25. The van der Waals surface area contributed by atoms with Gasteiger partial charge in [0, 0.05) is 18.0 Å². The van der Waals surface area contributed by atoms with Crippen molar-refractivity contribution in [2.24, 2.45) is 0 Å². The summed E-state index contributed by atoms with van der Waals surface area (Å²) >= 11 is 1.99. The van der Waals surface area contributed by atoms with E-state index in [4.69, 9.17) is 0 Å². The van der Waals surface area contributed by atoms with Gasteiger partial charge < -0.3 is 4.98 Å². The number of rotatable bonds is 1. The molecule has 0 radical (unpaired) electrons. The first-order valence-electron chi connectivity index (χ1n) is 4.35. The fourth-order valence-corrected chi connectivity index (χ4v) is 1.47. The predicted octanol–water partition coefficient (Wildman–Crippen LogP) is 1.74. The van der Waals surface area contributed by atoms with Crippen molar-refractivity contribution >= 4 is 22.6 Å². The molecule has 2 aromatic heterocycles. The molecular weight excluding hydrogens is 305 g/mol. The Balaban J connectivity index is 2.61. The van der Waals surface area contributed by atoms with Crippen LogP contribution in [-0.4, -0.2) is 15.0 Å². The SMILES string of the molecule is Cc1nc(-c2ccncc2)[nH]c(=O)c1I. The zero-order valence-corrected chi connectivity index (χ0v) is 10.1. The Morgan fingerprint density at radius 3 is 2.60 bits per heavy atom. The average molecular weight is 313 g/mol. The number of nitrogens with zero attached hydrogens (tertiary/aromatic N) is 2. The van der Waals surface area contributed by atoms with E-state index in [9.17, 15) is 4.79 Å². The highest BCUT2D eigenvalue weighted by Crippen LogP contribution is 2.13. The number of hydrogen-bond donors (Lipinski definition) is 1. The van der Waals surface area contributed by atoms with E-state index in [2.05, 4.69) is 15.0 Å². The van der Waals surface area contributed by atoms with E-state index in [0.29, 0.717) is 9.39 Å². The van der Waals surface area contributed by atoms with E-state index >= 15 is 0 Å². The van der Waals surface area contributed by atoms with Gasteiger partial charge in [-0.2, -0.15) is 0 Å². The Morgan fingerprint density at radius 2 is 2.00 bits per heavy atom. The van der Waals surface area contributed by atoms with Gasteiger partial charge in [-0.25, -0.2) is 4.98 Å². The standard InChI is InChI=1S/C10H8IN3O/c1-6-8(11)10(15)14-9(13-6)7-2-4-12-5-3-7/h2-5H,1H3,(H,13,14,15). The quantitative estimate of drug-likeness (QED) is 0.816. The summed E-state index contributed by atoms with van der Waals surface area (Å²) in [5.41, 5.74) is 1.50. The van der Waals surface area contributed by atoms with E-state index in [1.807, 2.05) is 41.6 Å². The van der Waals surface area contributed by atoms with Crippen molar-refractivity contribution in [1.82, 2.24) is 15.0 Å². The lowest BCUT2D eigenvalue weighted by Crippen LogP contribution is -2.14. The number of H-pyrrole nitrogens is 1. The molecule has 0 atom stereocenters. The van der Waals surface area contributed by atoms with Gasteiger partial charge in [0.15, 0.2) is 0 Å². The molecule has 0 amide bonds. The van der Waals surface area contributed by atoms with Crippen LogP contribution >= 0.6 is 22.6 Å². The van der Waals surface area contributed by atoms with Gasteiger partial charge in [-0.15, -0.1) is 0 Å². The number of aryl methyl sites for hydroxylation is 1. The second-order valence-corrected chi connectivity index (χ2v) is 4.13. The normalized spacial score (nSPS) is 10.3. The molecule has 0 saturated carbocycles. The van der Waals surface area contributed by atoms with Gasteiger partial charge in [0.2, 0.25) is 0 Å². The number of hydrogen-bond acceptors (Lipinski definition) is 3. The summed E-state index contributed by atoms with van der Waals surface area (Å²) < 4.78 is 0.630. The fraction of sp³-hybridized carbons (Fsp3) is 0.100. The van der Waals surface area contributed by atoms with Crippen LogP contribution in [0.4, 0.5) is 0 Å². The summed E-state index contributed by atoms with van der Waals surface area (Å²) in [7, 11) is 0. The maximum absolute atomic E-state index is 11.5. The maximum atomic E-state index is 11.5. The van der Waals surface area contributed by atoms with Crippen LogP contribution in [0.25, 0.3) is 11.4 Å². The van der Waals surface area contributed by atoms with Crippen LogP contribution in [0.3, 0.4) is 0 Å². The molecule has 2 aromatic rings. The number of aromatic nitrogens is 3. The minimum atomic E-state index is -0.102. The van der Waals surface area contributed by atoms with E-state index in [1.54, 1.807) is 12.4 Å². The second-order valence-electron chi connectivity index (χ2n) is 3.05. The van der Waals surface area contributed by atoms with Crippen molar-refractivity contribution in [2.45, 2.75) is 6.92 Å². The van der Waals surface area contributed by atoms with Crippen LogP contribution in [-0.2, 0) is 0 Å². The molecule has 0 aliphatic carbocycles. The van der Waals surface area contributed by atoms with Crippen molar-refractivity contribution in [3.05, 3.63) is 44.1 Å².